The van der Waals surface area contributed by atoms with Crippen molar-refractivity contribution >= 4 is 28.2 Å². The fourth-order valence-corrected chi connectivity index (χ4v) is 2.55. The minimum atomic E-state index is -0.455. The van der Waals surface area contributed by atoms with Crippen molar-refractivity contribution in [1.82, 2.24) is 0 Å². The van der Waals surface area contributed by atoms with Crippen LogP contribution in [-0.4, -0.2) is 19.0 Å². The Balaban J connectivity index is 2.19. The largest absolute Gasteiger partial charge is 0.465 e. The molecule has 1 heterocycles. The summed E-state index contributed by atoms with van der Waals surface area (Å²) in [7, 11) is 1.32. The first kappa shape index (κ1) is 14.3. The van der Waals surface area contributed by atoms with E-state index in [1.54, 1.807) is 17.5 Å². The van der Waals surface area contributed by atoms with E-state index in [-0.39, 0.29) is 5.91 Å². The standard InChI is InChI=1S/C15H15NO3S/c1-3-10-5-4-6-11(9-10)13(17)16-14-12(7-8-20-14)15(18)19-2/h4-9H,3H2,1-2H3,(H,16,17). The molecule has 2 rings (SSSR count). The fraction of sp³-hybridized carbons (Fsp3) is 0.200. The number of aryl methyl sites for hydroxylation is 1. The second-order valence-electron chi connectivity index (χ2n) is 4.16. The summed E-state index contributed by atoms with van der Waals surface area (Å²) in [4.78, 5) is 23.7. The number of amides is 1. The molecule has 5 heteroatoms. The van der Waals surface area contributed by atoms with Crippen LogP contribution in [0.2, 0.25) is 0 Å². The summed E-state index contributed by atoms with van der Waals surface area (Å²) in [6.45, 7) is 2.03. The Morgan fingerprint density at radius 2 is 2.10 bits per heavy atom. The SMILES string of the molecule is CCc1cccc(C(=O)Nc2sccc2C(=O)OC)c1. The minimum absolute atomic E-state index is 0.229. The van der Waals surface area contributed by atoms with Gasteiger partial charge in [-0.05, 0) is 35.6 Å². The van der Waals surface area contributed by atoms with Crippen molar-refractivity contribution in [3.63, 3.8) is 0 Å². The first-order chi connectivity index (χ1) is 9.65. The molecule has 0 aliphatic heterocycles. The van der Waals surface area contributed by atoms with Gasteiger partial charge in [0.05, 0.1) is 12.7 Å². The van der Waals surface area contributed by atoms with Crippen LogP contribution in [-0.2, 0) is 11.2 Å². The zero-order chi connectivity index (χ0) is 14.5. The molecule has 104 valence electrons. The second-order valence-corrected chi connectivity index (χ2v) is 5.08. The molecular weight excluding hydrogens is 274 g/mol. The molecule has 1 aromatic carbocycles. The molecule has 0 aliphatic carbocycles. The molecule has 1 aromatic heterocycles. The predicted octanol–water partition coefficient (Wildman–Crippen LogP) is 3.35. The van der Waals surface area contributed by atoms with Gasteiger partial charge in [0.2, 0.25) is 0 Å². The van der Waals surface area contributed by atoms with Crippen LogP contribution in [0.5, 0.6) is 0 Å². The molecular formula is C15H15NO3S. The van der Waals surface area contributed by atoms with Crippen molar-refractivity contribution in [3.8, 4) is 0 Å². The number of esters is 1. The minimum Gasteiger partial charge on any atom is -0.465 e. The molecule has 0 radical (unpaired) electrons. The highest BCUT2D eigenvalue weighted by atomic mass is 32.1. The molecule has 0 saturated carbocycles. The van der Waals surface area contributed by atoms with Gasteiger partial charge in [0, 0.05) is 5.56 Å². The van der Waals surface area contributed by atoms with Crippen LogP contribution in [0.3, 0.4) is 0 Å². The van der Waals surface area contributed by atoms with E-state index in [1.165, 1.54) is 18.4 Å². The predicted molar refractivity (Wildman–Crippen MR) is 79.4 cm³/mol. The molecule has 1 N–H and O–H groups in total. The lowest BCUT2D eigenvalue weighted by atomic mass is 10.1. The molecule has 0 fully saturated rings. The van der Waals surface area contributed by atoms with Gasteiger partial charge >= 0.3 is 5.97 Å². The molecule has 0 atom stereocenters. The average molecular weight is 289 g/mol. The summed E-state index contributed by atoms with van der Waals surface area (Å²) in [5, 5.41) is 5.00. The molecule has 0 spiro atoms. The molecule has 2 aromatic rings. The summed E-state index contributed by atoms with van der Waals surface area (Å²) < 4.78 is 4.68. The van der Waals surface area contributed by atoms with E-state index in [4.69, 9.17) is 0 Å². The lowest BCUT2D eigenvalue weighted by Crippen LogP contribution is -2.13. The van der Waals surface area contributed by atoms with E-state index in [0.717, 1.165) is 12.0 Å². The third-order valence-electron chi connectivity index (χ3n) is 2.90. The highest BCUT2D eigenvalue weighted by Gasteiger charge is 2.16. The van der Waals surface area contributed by atoms with Crippen LogP contribution in [0.1, 0.15) is 33.2 Å². The number of rotatable bonds is 4. The normalized spacial score (nSPS) is 10.1. The number of thiophene rings is 1. The fourth-order valence-electron chi connectivity index (χ4n) is 1.78. The Morgan fingerprint density at radius 3 is 2.80 bits per heavy atom. The van der Waals surface area contributed by atoms with Gasteiger partial charge < -0.3 is 10.1 Å². The maximum absolute atomic E-state index is 12.2. The van der Waals surface area contributed by atoms with E-state index in [0.29, 0.717) is 16.1 Å². The number of hydrogen-bond donors (Lipinski definition) is 1. The number of anilines is 1. The van der Waals surface area contributed by atoms with E-state index in [2.05, 4.69) is 10.1 Å². The van der Waals surface area contributed by atoms with E-state index >= 15 is 0 Å². The van der Waals surface area contributed by atoms with E-state index in [1.807, 2.05) is 25.1 Å². The summed E-state index contributed by atoms with van der Waals surface area (Å²) in [6.07, 6.45) is 0.869. The monoisotopic (exact) mass is 289 g/mol. The Labute approximate surface area is 121 Å². The van der Waals surface area contributed by atoms with Gasteiger partial charge in [0.15, 0.2) is 0 Å². The van der Waals surface area contributed by atoms with Crippen LogP contribution in [0.4, 0.5) is 5.00 Å². The Hall–Kier alpha value is -2.14. The zero-order valence-corrected chi connectivity index (χ0v) is 12.1. The topological polar surface area (TPSA) is 55.4 Å². The van der Waals surface area contributed by atoms with Crippen molar-refractivity contribution in [2.24, 2.45) is 0 Å². The third-order valence-corrected chi connectivity index (χ3v) is 3.72. The second kappa shape index (κ2) is 6.34. The number of carbonyl (C=O) groups is 2. The summed E-state index contributed by atoms with van der Waals surface area (Å²) in [5.41, 5.74) is 2.04. The van der Waals surface area contributed by atoms with Gasteiger partial charge in [-0.2, -0.15) is 0 Å². The van der Waals surface area contributed by atoms with Gasteiger partial charge in [0.1, 0.15) is 5.00 Å². The lowest BCUT2D eigenvalue weighted by Gasteiger charge is -2.06. The van der Waals surface area contributed by atoms with Gasteiger partial charge in [-0.3, -0.25) is 4.79 Å². The van der Waals surface area contributed by atoms with Gasteiger partial charge in [-0.1, -0.05) is 19.1 Å². The van der Waals surface area contributed by atoms with E-state index < -0.39 is 5.97 Å². The molecule has 0 bridgehead atoms. The quantitative estimate of drug-likeness (QED) is 0.878. The smallest absolute Gasteiger partial charge is 0.340 e. The van der Waals surface area contributed by atoms with Gasteiger partial charge in [-0.25, -0.2) is 4.79 Å². The summed E-state index contributed by atoms with van der Waals surface area (Å²) in [5.74, 6) is -0.684. The van der Waals surface area contributed by atoms with Crippen LogP contribution in [0, 0.1) is 0 Å². The summed E-state index contributed by atoms with van der Waals surface area (Å²) >= 11 is 1.29. The number of carbonyl (C=O) groups excluding carboxylic acids is 2. The number of methoxy groups -OCH3 is 1. The Kier molecular flexibility index (Phi) is 4.53. The average Bonchev–Trinajstić information content (AvgIpc) is 2.94. The van der Waals surface area contributed by atoms with Crippen LogP contribution >= 0.6 is 11.3 Å². The summed E-state index contributed by atoms with van der Waals surface area (Å²) in [6, 6.07) is 9.06. The maximum Gasteiger partial charge on any atom is 0.340 e. The number of ether oxygens (including phenoxy) is 1. The molecule has 0 unspecified atom stereocenters. The highest BCUT2D eigenvalue weighted by Crippen LogP contribution is 2.24. The van der Waals surface area contributed by atoms with E-state index in [9.17, 15) is 9.59 Å². The van der Waals surface area contributed by atoms with Crippen LogP contribution in [0.25, 0.3) is 0 Å². The van der Waals surface area contributed by atoms with Gasteiger partial charge in [0.25, 0.3) is 5.91 Å². The first-order valence-electron chi connectivity index (χ1n) is 6.21. The number of hydrogen-bond acceptors (Lipinski definition) is 4. The number of benzene rings is 1. The molecule has 0 aliphatic rings. The van der Waals surface area contributed by atoms with Crippen molar-refractivity contribution in [1.29, 1.82) is 0 Å². The Morgan fingerprint density at radius 1 is 1.30 bits per heavy atom. The Bertz CT molecular complexity index is 634. The molecule has 1 amide bonds. The zero-order valence-electron chi connectivity index (χ0n) is 11.3. The lowest BCUT2D eigenvalue weighted by molar-refractivity contribution is 0.0602. The van der Waals surface area contributed by atoms with Crippen molar-refractivity contribution in [2.75, 3.05) is 12.4 Å². The van der Waals surface area contributed by atoms with Crippen molar-refractivity contribution < 1.29 is 14.3 Å². The molecule has 0 saturated heterocycles. The maximum atomic E-state index is 12.2. The van der Waals surface area contributed by atoms with Crippen molar-refractivity contribution in [3.05, 3.63) is 52.4 Å². The first-order valence-corrected chi connectivity index (χ1v) is 7.09. The van der Waals surface area contributed by atoms with Crippen LogP contribution < -0.4 is 5.32 Å². The van der Waals surface area contributed by atoms with Crippen molar-refractivity contribution in [2.45, 2.75) is 13.3 Å². The highest BCUT2D eigenvalue weighted by molar-refractivity contribution is 7.14. The molecule has 20 heavy (non-hydrogen) atoms. The third kappa shape index (κ3) is 3.05. The van der Waals surface area contributed by atoms with Gasteiger partial charge in [-0.15, -0.1) is 11.3 Å². The number of nitrogens with one attached hydrogen (secondary N) is 1. The molecule has 4 nitrogen and oxygen atoms in total. The van der Waals surface area contributed by atoms with Crippen LogP contribution in [0.15, 0.2) is 35.7 Å².